The Balaban J connectivity index is 2.19. The molecule has 0 bridgehead atoms. The minimum absolute atomic E-state index is 0.0625. The van der Waals surface area contributed by atoms with Crippen LogP contribution >= 0.6 is 0 Å². The summed E-state index contributed by atoms with van der Waals surface area (Å²) in [5.74, 6) is 0.0625. The summed E-state index contributed by atoms with van der Waals surface area (Å²) in [5, 5.41) is 19.3. The van der Waals surface area contributed by atoms with Crippen molar-refractivity contribution in [2.45, 2.75) is 44.3 Å². The Hall–Kier alpha value is -0.340. The van der Waals surface area contributed by atoms with Crippen molar-refractivity contribution >= 4 is 0 Å². The Kier molecular flexibility index (Phi) is 2.20. The summed E-state index contributed by atoms with van der Waals surface area (Å²) in [6, 6.07) is 0. The average Bonchev–Trinajstić information content (AvgIpc) is 2.04. The predicted molar refractivity (Wildman–Crippen MR) is 46.7 cm³/mol. The first kappa shape index (κ1) is 8.27. The molecule has 0 amide bonds. The van der Waals surface area contributed by atoms with E-state index >= 15 is 0 Å². The molecule has 68 valence electrons. The number of hydrogen-bond acceptors (Lipinski definition) is 2. The smallest absolute Gasteiger partial charge is 0.0633 e. The van der Waals surface area contributed by atoms with Gasteiger partial charge in [-0.2, -0.15) is 0 Å². The molecule has 0 aromatic rings. The number of hydrogen-bond donors (Lipinski definition) is 2. The van der Waals surface area contributed by atoms with Gasteiger partial charge in [0.1, 0.15) is 0 Å². The lowest BCUT2D eigenvalue weighted by Crippen LogP contribution is -2.37. The molecule has 1 saturated carbocycles. The van der Waals surface area contributed by atoms with Crippen LogP contribution in [0.2, 0.25) is 0 Å². The molecule has 2 nitrogen and oxygen atoms in total. The highest BCUT2D eigenvalue weighted by Crippen LogP contribution is 2.36. The van der Waals surface area contributed by atoms with E-state index in [1.54, 1.807) is 0 Å². The molecule has 12 heavy (non-hydrogen) atoms. The fourth-order valence-electron chi connectivity index (χ4n) is 2.47. The Bertz CT molecular complexity index is 198. The highest BCUT2D eigenvalue weighted by molar-refractivity contribution is 5.16. The van der Waals surface area contributed by atoms with Crippen molar-refractivity contribution in [2.24, 2.45) is 5.92 Å². The zero-order valence-corrected chi connectivity index (χ0v) is 7.24. The van der Waals surface area contributed by atoms with Crippen molar-refractivity contribution in [1.82, 2.24) is 0 Å². The number of aliphatic hydroxyl groups excluding tert-OH is 2. The molecule has 2 rings (SSSR count). The second-order valence-electron chi connectivity index (χ2n) is 3.91. The van der Waals surface area contributed by atoms with Crippen LogP contribution in [0.5, 0.6) is 0 Å². The number of fused-ring (bicyclic) bond motifs is 1. The third-order valence-electron chi connectivity index (χ3n) is 3.09. The SMILES string of the molecule is O[C@H]1CCC=C2CCC[C@H](O)[C@@H]21. The van der Waals surface area contributed by atoms with E-state index in [1.807, 2.05) is 0 Å². The normalized spacial score (nSPS) is 41.8. The second kappa shape index (κ2) is 3.19. The van der Waals surface area contributed by atoms with Crippen LogP contribution in [-0.2, 0) is 0 Å². The average molecular weight is 168 g/mol. The predicted octanol–water partition coefficient (Wildman–Crippen LogP) is 1.23. The van der Waals surface area contributed by atoms with Crippen LogP contribution in [0.25, 0.3) is 0 Å². The van der Waals surface area contributed by atoms with Gasteiger partial charge in [0.2, 0.25) is 0 Å². The van der Waals surface area contributed by atoms with Crippen LogP contribution in [0.1, 0.15) is 32.1 Å². The largest absolute Gasteiger partial charge is 0.392 e. The highest BCUT2D eigenvalue weighted by Gasteiger charge is 2.34. The first-order valence-corrected chi connectivity index (χ1v) is 4.84. The van der Waals surface area contributed by atoms with Crippen LogP contribution in [-0.4, -0.2) is 22.4 Å². The van der Waals surface area contributed by atoms with Gasteiger partial charge in [0.25, 0.3) is 0 Å². The Morgan fingerprint density at radius 2 is 1.92 bits per heavy atom. The highest BCUT2D eigenvalue weighted by atomic mass is 16.3. The van der Waals surface area contributed by atoms with E-state index in [-0.39, 0.29) is 18.1 Å². The summed E-state index contributed by atoms with van der Waals surface area (Å²) in [4.78, 5) is 0. The molecule has 2 N–H and O–H groups in total. The monoisotopic (exact) mass is 168 g/mol. The van der Waals surface area contributed by atoms with Gasteiger partial charge in [0.15, 0.2) is 0 Å². The summed E-state index contributed by atoms with van der Waals surface area (Å²) in [6.07, 6.45) is 6.46. The Labute approximate surface area is 72.9 Å². The van der Waals surface area contributed by atoms with Crippen molar-refractivity contribution < 1.29 is 10.2 Å². The van der Waals surface area contributed by atoms with Gasteiger partial charge in [0, 0.05) is 5.92 Å². The first-order valence-electron chi connectivity index (χ1n) is 4.84. The summed E-state index contributed by atoms with van der Waals surface area (Å²) in [6.45, 7) is 0. The maximum Gasteiger partial charge on any atom is 0.0633 e. The molecule has 1 fully saturated rings. The molecule has 2 heteroatoms. The van der Waals surface area contributed by atoms with Crippen molar-refractivity contribution in [2.75, 3.05) is 0 Å². The lowest BCUT2D eigenvalue weighted by atomic mass is 9.74. The van der Waals surface area contributed by atoms with Gasteiger partial charge in [-0.25, -0.2) is 0 Å². The van der Waals surface area contributed by atoms with Gasteiger partial charge in [-0.1, -0.05) is 11.6 Å². The van der Waals surface area contributed by atoms with Crippen LogP contribution in [0.15, 0.2) is 11.6 Å². The van der Waals surface area contributed by atoms with Crippen LogP contribution in [0.3, 0.4) is 0 Å². The van der Waals surface area contributed by atoms with Crippen molar-refractivity contribution in [1.29, 1.82) is 0 Å². The maximum atomic E-state index is 9.67. The maximum absolute atomic E-state index is 9.67. The van der Waals surface area contributed by atoms with Crippen molar-refractivity contribution in [3.63, 3.8) is 0 Å². The van der Waals surface area contributed by atoms with Crippen LogP contribution in [0, 0.1) is 5.92 Å². The second-order valence-corrected chi connectivity index (χ2v) is 3.91. The molecule has 2 aliphatic rings. The quantitative estimate of drug-likeness (QED) is 0.534. The molecular formula is C10H16O2. The van der Waals surface area contributed by atoms with Crippen molar-refractivity contribution in [3.05, 3.63) is 11.6 Å². The third-order valence-corrected chi connectivity index (χ3v) is 3.09. The summed E-state index contributed by atoms with van der Waals surface area (Å²) >= 11 is 0. The molecule has 0 saturated heterocycles. The fourth-order valence-corrected chi connectivity index (χ4v) is 2.47. The van der Waals surface area contributed by atoms with Gasteiger partial charge in [0.05, 0.1) is 12.2 Å². The van der Waals surface area contributed by atoms with Gasteiger partial charge >= 0.3 is 0 Å². The van der Waals surface area contributed by atoms with Crippen LogP contribution in [0.4, 0.5) is 0 Å². The van der Waals surface area contributed by atoms with E-state index in [4.69, 9.17) is 0 Å². The summed E-state index contributed by atoms with van der Waals surface area (Å²) in [7, 11) is 0. The van der Waals surface area contributed by atoms with E-state index < -0.39 is 0 Å². The van der Waals surface area contributed by atoms with Gasteiger partial charge in [-0.05, 0) is 32.1 Å². The third kappa shape index (κ3) is 1.29. The number of rotatable bonds is 0. The van der Waals surface area contributed by atoms with E-state index in [0.29, 0.717) is 0 Å². The first-order chi connectivity index (χ1) is 5.79. The molecule has 0 aliphatic heterocycles. The molecule has 0 aromatic heterocycles. The molecule has 0 heterocycles. The Morgan fingerprint density at radius 1 is 1.17 bits per heavy atom. The van der Waals surface area contributed by atoms with Crippen molar-refractivity contribution in [3.8, 4) is 0 Å². The standard InChI is InChI=1S/C10H16O2/c11-8-5-1-3-7-4-2-6-9(12)10(7)8/h3,8-12H,1-2,4-6H2/t8-,9-,10-/m0/s1. The molecule has 2 aliphatic carbocycles. The molecule has 0 radical (unpaired) electrons. The van der Waals surface area contributed by atoms with E-state index in [2.05, 4.69) is 6.08 Å². The summed E-state index contributed by atoms with van der Waals surface area (Å²) < 4.78 is 0. The zero-order valence-electron chi connectivity index (χ0n) is 7.24. The topological polar surface area (TPSA) is 40.5 Å². The van der Waals surface area contributed by atoms with E-state index in [1.165, 1.54) is 5.57 Å². The van der Waals surface area contributed by atoms with E-state index in [0.717, 1.165) is 32.1 Å². The van der Waals surface area contributed by atoms with Gasteiger partial charge < -0.3 is 10.2 Å². The Morgan fingerprint density at radius 3 is 2.67 bits per heavy atom. The fraction of sp³-hybridized carbons (Fsp3) is 0.800. The lowest BCUT2D eigenvalue weighted by molar-refractivity contribution is 0.00608. The minimum Gasteiger partial charge on any atom is -0.392 e. The minimum atomic E-state index is -0.291. The zero-order chi connectivity index (χ0) is 8.55. The van der Waals surface area contributed by atoms with Crippen LogP contribution < -0.4 is 0 Å². The molecule has 0 aromatic carbocycles. The number of allylic oxidation sites excluding steroid dienone is 1. The number of aliphatic hydroxyl groups is 2. The molecule has 3 atom stereocenters. The molecule has 0 spiro atoms. The summed E-state index contributed by atoms with van der Waals surface area (Å²) in [5.41, 5.74) is 1.30. The molecule has 0 unspecified atom stereocenters. The van der Waals surface area contributed by atoms with Gasteiger partial charge in [-0.15, -0.1) is 0 Å². The molecular weight excluding hydrogens is 152 g/mol. The lowest BCUT2D eigenvalue weighted by Gasteiger charge is -2.36. The van der Waals surface area contributed by atoms with E-state index in [9.17, 15) is 10.2 Å². The van der Waals surface area contributed by atoms with Gasteiger partial charge in [-0.3, -0.25) is 0 Å².